The second kappa shape index (κ2) is 8.39. The summed E-state index contributed by atoms with van der Waals surface area (Å²) in [5.74, 6) is -0.171. The molecule has 2 aromatic heterocycles. The van der Waals surface area contributed by atoms with E-state index in [1.165, 1.54) is 10.9 Å². The third kappa shape index (κ3) is 3.64. The zero-order valence-corrected chi connectivity index (χ0v) is 20.0. The van der Waals surface area contributed by atoms with Gasteiger partial charge in [0.1, 0.15) is 0 Å². The van der Waals surface area contributed by atoms with Gasteiger partial charge in [-0.2, -0.15) is 5.10 Å². The Bertz CT molecular complexity index is 1180. The van der Waals surface area contributed by atoms with E-state index in [1.54, 1.807) is 10.9 Å². The molecule has 2 amide bonds. The Hall–Kier alpha value is -2.61. The standard InChI is InChI=1S/C24H28BrN5O2/c1-3-30-21(31)10-8-17(23(30)14-12-26-29(2)13-14)24(32)28-20-6-4-5-16-18-11-15(25)7-9-19(18)27-22(16)20/h7,9,11-13,17,20,23,27H,3-6,8,10H2,1-2H3,(H,28,32). The van der Waals surface area contributed by atoms with E-state index in [1.807, 2.05) is 31.1 Å². The Morgan fingerprint density at radius 2 is 2.16 bits per heavy atom. The molecule has 2 aliphatic rings. The highest BCUT2D eigenvalue weighted by atomic mass is 79.9. The quantitative estimate of drug-likeness (QED) is 0.567. The monoisotopic (exact) mass is 497 g/mol. The van der Waals surface area contributed by atoms with E-state index < -0.39 is 0 Å². The molecule has 0 bridgehead atoms. The summed E-state index contributed by atoms with van der Waals surface area (Å²) < 4.78 is 2.79. The number of likely N-dealkylation sites (tertiary alicyclic amines) is 1. The van der Waals surface area contributed by atoms with Crippen molar-refractivity contribution in [1.29, 1.82) is 0 Å². The van der Waals surface area contributed by atoms with Crippen molar-refractivity contribution in [2.75, 3.05) is 6.54 Å². The van der Waals surface area contributed by atoms with E-state index in [4.69, 9.17) is 0 Å². The van der Waals surface area contributed by atoms with E-state index >= 15 is 0 Å². The van der Waals surface area contributed by atoms with Crippen molar-refractivity contribution in [2.45, 2.75) is 51.1 Å². The fraction of sp³-hybridized carbons (Fsp3) is 0.458. The van der Waals surface area contributed by atoms with Crippen LogP contribution in [0.15, 0.2) is 35.1 Å². The van der Waals surface area contributed by atoms with Crippen LogP contribution in [0.5, 0.6) is 0 Å². The van der Waals surface area contributed by atoms with E-state index in [9.17, 15) is 9.59 Å². The number of aromatic amines is 1. The molecule has 1 aromatic carbocycles. The van der Waals surface area contributed by atoms with Crippen LogP contribution in [-0.4, -0.2) is 38.0 Å². The lowest BCUT2D eigenvalue weighted by atomic mass is 9.84. The lowest BCUT2D eigenvalue weighted by Gasteiger charge is -2.40. The Morgan fingerprint density at radius 3 is 2.91 bits per heavy atom. The topological polar surface area (TPSA) is 83.0 Å². The van der Waals surface area contributed by atoms with E-state index in [2.05, 4.69) is 43.5 Å². The van der Waals surface area contributed by atoms with Crippen LogP contribution in [0.3, 0.4) is 0 Å². The molecule has 32 heavy (non-hydrogen) atoms. The number of halogens is 1. The molecule has 0 radical (unpaired) electrons. The number of amides is 2. The molecule has 0 saturated carbocycles. The van der Waals surface area contributed by atoms with Crippen LogP contribution < -0.4 is 5.32 Å². The molecule has 2 N–H and O–H groups in total. The van der Waals surface area contributed by atoms with Crippen molar-refractivity contribution in [1.82, 2.24) is 25.0 Å². The zero-order chi connectivity index (χ0) is 22.4. The van der Waals surface area contributed by atoms with Gasteiger partial charge in [0, 0.05) is 52.8 Å². The third-order valence-corrected chi connectivity index (χ3v) is 7.43. The number of rotatable bonds is 4. The first-order chi connectivity index (χ1) is 15.5. The summed E-state index contributed by atoms with van der Waals surface area (Å²) in [6, 6.07) is 5.95. The maximum Gasteiger partial charge on any atom is 0.226 e. The summed E-state index contributed by atoms with van der Waals surface area (Å²) >= 11 is 3.58. The van der Waals surface area contributed by atoms with Gasteiger partial charge in [-0.1, -0.05) is 15.9 Å². The number of benzene rings is 1. The molecule has 3 aromatic rings. The van der Waals surface area contributed by atoms with Gasteiger partial charge in [-0.25, -0.2) is 0 Å². The number of nitrogens with one attached hydrogen (secondary N) is 2. The van der Waals surface area contributed by atoms with Gasteiger partial charge in [-0.15, -0.1) is 0 Å². The number of hydrogen-bond donors (Lipinski definition) is 2. The molecule has 0 spiro atoms. The minimum atomic E-state index is -0.291. The number of aromatic nitrogens is 3. The van der Waals surface area contributed by atoms with Crippen LogP contribution in [0, 0.1) is 5.92 Å². The van der Waals surface area contributed by atoms with Crippen LogP contribution in [-0.2, 0) is 23.1 Å². The van der Waals surface area contributed by atoms with Crippen LogP contribution in [0.2, 0.25) is 0 Å². The molecule has 8 heteroatoms. The fourth-order valence-corrected chi connectivity index (χ4v) is 5.82. The number of hydrogen-bond acceptors (Lipinski definition) is 3. The molecule has 1 fully saturated rings. The molecular weight excluding hydrogens is 470 g/mol. The first kappa shape index (κ1) is 21.2. The highest BCUT2D eigenvalue weighted by molar-refractivity contribution is 9.10. The molecule has 1 aliphatic carbocycles. The second-order valence-corrected chi connectivity index (χ2v) is 9.79. The van der Waals surface area contributed by atoms with Crippen molar-refractivity contribution >= 4 is 38.6 Å². The first-order valence-corrected chi connectivity index (χ1v) is 12.1. The van der Waals surface area contributed by atoms with Crippen molar-refractivity contribution in [3.63, 3.8) is 0 Å². The Morgan fingerprint density at radius 1 is 1.31 bits per heavy atom. The summed E-state index contributed by atoms with van der Waals surface area (Å²) in [6.45, 7) is 2.55. The number of H-pyrrole nitrogens is 1. The van der Waals surface area contributed by atoms with Gasteiger partial charge >= 0.3 is 0 Å². The summed E-state index contributed by atoms with van der Waals surface area (Å²) in [7, 11) is 1.86. The average molecular weight is 498 g/mol. The van der Waals surface area contributed by atoms with Gasteiger partial charge in [0.2, 0.25) is 11.8 Å². The SMILES string of the molecule is CCN1C(=O)CCC(C(=O)NC2CCCc3c2[nH]c2ccc(Br)cc32)C1c1cnn(C)c1. The number of fused-ring (bicyclic) bond motifs is 3. The van der Waals surface area contributed by atoms with E-state index in [0.717, 1.165) is 40.5 Å². The molecule has 5 rings (SSSR count). The number of piperidine rings is 1. The lowest BCUT2D eigenvalue weighted by Crippen LogP contribution is -2.48. The van der Waals surface area contributed by atoms with Gasteiger partial charge in [0.15, 0.2) is 0 Å². The molecule has 1 aliphatic heterocycles. The minimum Gasteiger partial charge on any atom is -0.356 e. The van der Waals surface area contributed by atoms with Gasteiger partial charge in [-0.3, -0.25) is 14.3 Å². The van der Waals surface area contributed by atoms with E-state index in [-0.39, 0.29) is 29.8 Å². The van der Waals surface area contributed by atoms with Gasteiger partial charge in [0.25, 0.3) is 0 Å². The molecule has 3 unspecified atom stereocenters. The first-order valence-electron chi connectivity index (χ1n) is 11.3. The number of carbonyl (C=O) groups is 2. The van der Waals surface area contributed by atoms with Gasteiger partial charge in [0.05, 0.1) is 24.2 Å². The van der Waals surface area contributed by atoms with Crippen molar-refractivity contribution < 1.29 is 9.59 Å². The summed E-state index contributed by atoms with van der Waals surface area (Å²) in [6.07, 6.45) is 7.61. The fourth-order valence-electron chi connectivity index (χ4n) is 5.46. The molecule has 168 valence electrons. The zero-order valence-electron chi connectivity index (χ0n) is 18.4. The number of nitrogens with zero attached hydrogens (tertiary/aromatic N) is 3. The summed E-state index contributed by atoms with van der Waals surface area (Å²) in [4.78, 5) is 31.6. The van der Waals surface area contributed by atoms with E-state index in [0.29, 0.717) is 19.4 Å². The van der Waals surface area contributed by atoms with Crippen molar-refractivity contribution in [2.24, 2.45) is 13.0 Å². The van der Waals surface area contributed by atoms with Crippen LogP contribution >= 0.6 is 15.9 Å². The largest absolute Gasteiger partial charge is 0.356 e. The highest BCUT2D eigenvalue weighted by Gasteiger charge is 2.41. The van der Waals surface area contributed by atoms with Crippen LogP contribution in [0.1, 0.15) is 61.5 Å². The smallest absolute Gasteiger partial charge is 0.226 e. The predicted molar refractivity (Wildman–Crippen MR) is 126 cm³/mol. The molecule has 7 nitrogen and oxygen atoms in total. The van der Waals surface area contributed by atoms with Gasteiger partial charge in [-0.05, 0) is 56.4 Å². The third-order valence-electron chi connectivity index (χ3n) is 6.94. The molecular formula is C24H28BrN5O2. The maximum absolute atomic E-state index is 13.6. The summed E-state index contributed by atoms with van der Waals surface area (Å²) in [5, 5.41) is 8.86. The van der Waals surface area contributed by atoms with Gasteiger partial charge < -0.3 is 15.2 Å². The maximum atomic E-state index is 13.6. The Kier molecular flexibility index (Phi) is 5.57. The Balaban J connectivity index is 1.44. The van der Waals surface area contributed by atoms with Crippen LogP contribution in [0.4, 0.5) is 0 Å². The van der Waals surface area contributed by atoms with Crippen LogP contribution in [0.25, 0.3) is 10.9 Å². The molecule has 3 atom stereocenters. The normalized spacial score (nSPS) is 23.4. The van der Waals surface area contributed by atoms with Crippen molar-refractivity contribution in [3.8, 4) is 0 Å². The Labute approximate surface area is 195 Å². The lowest BCUT2D eigenvalue weighted by molar-refractivity contribution is -0.143. The minimum absolute atomic E-state index is 0.0162. The molecule has 3 heterocycles. The average Bonchev–Trinajstić information content (AvgIpc) is 3.37. The number of aryl methyl sites for hydroxylation is 2. The number of carbonyl (C=O) groups excluding carboxylic acids is 2. The predicted octanol–water partition coefficient (Wildman–Crippen LogP) is 4.16. The van der Waals surface area contributed by atoms with Crippen molar-refractivity contribution in [3.05, 3.63) is 51.9 Å². The second-order valence-electron chi connectivity index (χ2n) is 8.88. The summed E-state index contributed by atoms with van der Waals surface area (Å²) in [5.41, 5.74) is 4.45. The molecule has 1 saturated heterocycles. The highest BCUT2D eigenvalue weighted by Crippen LogP contribution is 2.39.